The quantitative estimate of drug-likeness (QED) is 0.606. The summed E-state index contributed by atoms with van der Waals surface area (Å²) in [6, 6.07) is 15.9. The first-order chi connectivity index (χ1) is 12.1. The normalized spacial score (nSPS) is 10.6. The molecule has 0 spiro atoms. The van der Waals surface area contributed by atoms with Crippen LogP contribution >= 0.6 is 23.2 Å². The van der Waals surface area contributed by atoms with E-state index in [1.807, 2.05) is 18.2 Å². The van der Waals surface area contributed by atoms with Crippen LogP contribution in [0.4, 0.5) is 0 Å². The van der Waals surface area contributed by atoms with E-state index in [0.717, 1.165) is 24.9 Å². The van der Waals surface area contributed by atoms with Gasteiger partial charge in [-0.25, -0.2) is 0 Å². The highest BCUT2D eigenvalue weighted by Gasteiger charge is 2.04. The average molecular weight is 379 g/mol. The number of nitrogens with one attached hydrogen (secondary N) is 2. The Balaban J connectivity index is 1.51. The molecular weight excluding hydrogens is 355 g/mol. The molecule has 0 aliphatic carbocycles. The van der Waals surface area contributed by atoms with E-state index in [9.17, 15) is 4.79 Å². The van der Waals surface area contributed by atoms with E-state index in [2.05, 4.69) is 34.9 Å². The molecule has 134 valence electrons. The first-order valence-electron chi connectivity index (χ1n) is 8.60. The minimum absolute atomic E-state index is 0.0562. The van der Waals surface area contributed by atoms with Gasteiger partial charge in [0, 0.05) is 29.6 Å². The Morgan fingerprint density at radius 3 is 2.48 bits per heavy atom. The second-order valence-electron chi connectivity index (χ2n) is 5.92. The van der Waals surface area contributed by atoms with Gasteiger partial charge in [-0.3, -0.25) is 4.79 Å². The first-order valence-corrected chi connectivity index (χ1v) is 9.36. The third-order valence-electron chi connectivity index (χ3n) is 3.92. The molecule has 0 atom stereocenters. The molecule has 2 aromatic rings. The molecule has 0 bridgehead atoms. The van der Waals surface area contributed by atoms with Crippen molar-refractivity contribution < 1.29 is 4.79 Å². The molecule has 2 N–H and O–H groups in total. The van der Waals surface area contributed by atoms with Crippen LogP contribution in [0.15, 0.2) is 48.5 Å². The van der Waals surface area contributed by atoms with E-state index >= 15 is 0 Å². The predicted octanol–water partition coefficient (Wildman–Crippen LogP) is 4.26. The van der Waals surface area contributed by atoms with Gasteiger partial charge >= 0.3 is 0 Å². The number of benzene rings is 2. The lowest BCUT2D eigenvalue weighted by molar-refractivity contribution is -0.120. The number of halogens is 2. The van der Waals surface area contributed by atoms with Gasteiger partial charge in [-0.2, -0.15) is 0 Å². The van der Waals surface area contributed by atoms with Crippen LogP contribution in [0.5, 0.6) is 0 Å². The Bertz CT molecular complexity index is 662. The van der Waals surface area contributed by atoms with Crippen LogP contribution in [0.3, 0.4) is 0 Å². The molecule has 0 saturated carbocycles. The second kappa shape index (κ2) is 11.1. The summed E-state index contributed by atoms with van der Waals surface area (Å²) in [5.41, 5.74) is 2.34. The summed E-state index contributed by atoms with van der Waals surface area (Å²) in [6.07, 6.45) is 3.31. The molecule has 0 unspecified atom stereocenters. The van der Waals surface area contributed by atoms with Crippen LogP contribution in [0.2, 0.25) is 10.0 Å². The zero-order valence-electron chi connectivity index (χ0n) is 14.2. The van der Waals surface area contributed by atoms with Crippen molar-refractivity contribution >= 4 is 29.1 Å². The molecule has 0 radical (unpaired) electrons. The molecule has 1 amide bonds. The smallest absolute Gasteiger partial charge is 0.221 e. The lowest BCUT2D eigenvalue weighted by Gasteiger charge is -2.08. The molecule has 0 fully saturated rings. The van der Waals surface area contributed by atoms with Gasteiger partial charge in [0.1, 0.15) is 0 Å². The Morgan fingerprint density at radius 2 is 1.72 bits per heavy atom. The zero-order valence-corrected chi connectivity index (χ0v) is 15.7. The Labute approximate surface area is 159 Å². The number of aryl methyl sites for hydroxylation is 1. The maximum Gasteiger partial charge on any atom is 0.221 e. The fourth-order valence-corrected chi connectivity index (χ4v) is 3.04. The SMILES string of the molecule is O=C(CCNCCCc1ccccc1)NCCc1ccc(Cl)cc1Cl. The average Bonchev–Trinajstić information content (AvgIpc) is 2.61. The van der Waals surface area contributed by atoms with Gasteiger partial charge in [0.05, 0.1) is 0 Å². The first kappa shape index (κ1) is 19.8. The van der Waals surface area contributed by atoms with Crippen molar-refractivity contribution in [2.24, 2.45) is 0 Å². The second-order valence-corrected chi connectivity index (χ2v) is 6.77. The van der Waals surface area contributed by atoms with E-state index < -0.39 is 0 Å². The number of carbonyl (C=O) groups excluding carboxylic acids is 1. The van der Waals surface area contributed by atoms with Crippen molar-refractivity contribution in [2.75, 3.05) is 19.6 Å². The predicted molar refractivity (Wildman–Crippen MR) is 105 cm³/mol. The molecule has 0 aliphatic heterocycles. The molecule has 0 heterocycles. The molecule has 2 aromatic carbocycles. The largest absolute Gasteiger partial charge is 0.356 e. The monoisotopic (exact) mass is 378 g/mol. The minimum atomic E-state index is 0.0562. The van der Waals surface area contributed by atoms with Gasteiger partial charge in [-0.05, 0) is 49.1 Å². The highest BCUT2D eigenvalue weighted by Crippen LogP contribution is 2.20. The maximum atomic E-state index is 11.8. The van der Waals surface area contributed by atoms with Crippen molar-refractivity contribution in [2.45, 2.75) is 25.7 Å². The standard InChI is InChI=1S/C20H24Cl2N2O/c21-18-9-8-17(19(22)15-18)10-14-24-20(25)11-13-23-12-4-7-16-5-2-1-3-6-16/h1-3,5-6,8-9,15,23H,4,7,10-14H2,(H,24,25). The van der Waals surface area contributed by atoms with E-state index in [4.69, 9.17) is 23.2 Å². The van der Waals surface area contributed by atoms with E-state index in [1.54, 1.807) is 6.07 Å². The Kier molecular flexibility index (Phi) is 8.81. The van der Waals surface area contributed by atoms with Crippen LogP contribution in [-0.2, 0) is 17.6 Å². The molecular formula is C20H24Cl2N2O. The van der Waals surface area contributed by atoms with Gasteiger partial charge in [0.15, 0.2) is 0 Å². The summed E-state index contributed by atoms with van der Waals surface area (Å²) in [7, 11) is 0. The molecule has 2 rings (SSSR count). The number of hydrogen-bond donors (Lipinski definition) is 2. The summed E-state index contributed by atoms with van der Waals surface area (Å²) in [4.78, 5) is 11.8. The third kappa shape index (κ3) is 7.91. The van der Waals surface area contributed by atoms with Gasteiger partial charge in [-0.1, -0.05) is 59.6 Å². The third-order valence-corrected chi connectivity index (χ3v) is 4.51. The van der Waals surface area contributed by atoms with Gasteiger partial charge in [0.2, 0.25) is 5.91 Å². The number of carbonyl (C=O) groups is 1. The van der Waals surface area contributed by atoms with E-state index in [1.165, 1.54) is 5.56 Å². The van der Waals surface area contributed by atoms with Crippen molar-refractivity contribution in [3.05, 3.63) is 69.7 Å². The van der Waals surface area contributed by atoms with Crippen molar-refractivity contribution in [1.29, 1.82) is 0 Å². The molecule has 5 heteroatoms. The zero-order chi connectivity index (χ0) is 17.9. The fraction of sp³-hybridized carbons (Fsp3) is 0.350. The van der Waals surface area contributed by atoms with Crippen molar-refractivity contribution in [3.63, 3.8) is 0 Å². The van der Waals surface area contributed by atoms with Crippen LogP contribution in [0, 0.1) is 0 Å². The van der Waals surface area contributed by atoms with E-state index in [0.29, 0.717) is 36.0 Å². The summed E-state index contributed by atoms with van der Waals surface area (Å²) < 4.78 is 0. The molecule has 0 aromatic heterocycles. The number of rotatable bonds is 10. The summed E-state index contributed by atoms with van der Waals surface area (Å²) in [5, 5.41) is 7.49. The highest BCUT2D eigenvalue weighted by molar-refractivity contribution is 6.35. The van der Waals surface area contributed by atoms with Crippen molar-refractivity contribution in [3.8, 4) is 0 Å². The van der Waals surface area contributed by atoms with Gasteiger partial charge in [-0.15, -0.1) is 0 Å². The summed E-state index contributed by atoms with van der Waals surface area (Å²) in [6.45, 7) is 2.19. The molecule has 0 saturated heterocycles. The van der Waals surface area contributed by atoms with Gasteiger partial charge in [0.25, 0.3) is 0 Å². The minimum Gasteiger partial charge on any atom is -0.356 e. The maximum absolute atomic E-state index is 11.8. The Morgan fingerprint density at radius 1 is 0.920 bits per heavy atom. The van der Waals surface area contributed by atoms with E-state index in [-0.39, 0.29) is 5.91 Å². The lowest BCUT2D eigenvalue weighted by atomic mass is 10.1. The van der Waals surface area contributed by atoms with Crippen LogP contribution < -0.4 is 10.6 Å². The Hall–Kier alpha value is -1.55. The van der Waals surface area contributed by atoms with Crippen LogP contribution in [-0.4, -0.2) is 25.5 Å². The number of amides is 1. The molecule has 3 nitrogen and oxygen atoms in total. The highest BCUT2D eigenvalue weighted by atomic mass is 35.5. The summed E-state index contributed by atoms with van der Waals surface area (Å²) in [5.74, 6) is 0.0562. The van der Waals surface area contributed by atoms with Gasteiger partial charge < -0.3 is 10.6 Å². The molecule has 0 aliphatic rings. The summed E-state index contributed by atoms with van der Waals surface area (Å²) >= 11 is 12.0. The van der Waals surface area contributed by atoms with Crippen LogP contribution in [0.25, 0.3) is 0 Å². The molecule has 25 heavy (non-hydrogen) atoms. The fourth-order valence-electron chi connectivity index (χ4n) is 2.54. The van der Waals surface area contributed by atoms with Crippen molar-refractivity contribution in [1.82, 2.24) is 10.6 Å². The lowest BCUT2D eigenvalue weighted by Crippen LogP contribution is -2.29. The van der Waals surface area contributed by atoms with Crippen LogP contribution in [0.1, 0.15) is 24.0 Å². The number of hydrogen-bond acceptors (Lipinski definition) is 2. The topological polar surface area (TPSA) is 41.1 Å².